The van der Waals surface area contributed by atoms with Crippen molar-refractivity contribution in [3.05, 3.63) is 12.1 Å². The Morgan fingerprint density at radius 2 is 1.57 bits per heavy atom. The summed E-state index contributed by atoms with van der Waals surface area (Å²) >= 11 is 0. The van der Waals surface area contributed by atoms with Crippen LogP contribution in [0.3, 0.4) is 0 Å². The van der Waals surface area contributed by atoms with Crippen LogP contribution in [0, 0.1) is 5.92 Å². The minimum absolute atomic E-state index is 0.102. The molecule has 2 atom stereocenters. The number of nitrogens with one attached hydrogen (secondary N) is 2. The van der Waals surface area contributed by atoms with Gasteiger partial charge in [-0.2, -0.15) is 0 Å². The molecule has 0 fully saturated rings. The number of carbonyl (C=O) groups is 2. The van der Waals surface area contributed by atoms with Crippen molar-refractivity contribution in [1.29, 1.82) is 0 Å². The number of benzene rings is 1. The van der Waals surface area contributed by atoms with Crippen LogP contribution < -0.4 is 24.8 Å². The number of carbonyl (C=O) groups excluding carboxylic acids is 2. The lowest BCUT2D eigenvalue weighted by Crippen LogP contribution is -2.49. The average Bonchev–Trinajstić information content (AvgIpc) is 2.62. The topological polar surface area (TPSA) is 95.1 Å². The van der Waals surface area contributed by atoms with Crippen LogP contribution in [-0.2, 0) is 9.53 Å². The van der Waals surface area contributed by atoms with Gasteiger partial charge < -0.3 is 29.6 Å². The Morgan fingerprint density at radius 1 is 1.04 bits per heavy atom. The standard InChI is InChI=1S/C20H32N2O6/c1-9-12(2)16(22-19(24)28-20(3,4)5)18(23)21-13-10-14(25-6)17(27-8)15(11-13)26-7/h10-12,16H,9H2,1-8H3,(H,21,23)(H,22,24). The zero-order valence-corrected chi connectivity index (χ0v) is 18.0. The molecule has 8 nitrogen and oxygen atoms in total. The second kappa shape index (κ2) is 10.1. The normalized spacial score (nSPS) is 13.1. The van der Waals surface area contributed by atoms with Crippen LogP contribution in [-0.4, -0.2) is 45.0 Å². The van der Waals surface area contributed by atoms with Crippen molar-refractivity contribution >= 4 is 17.7 Å². The fourth-order valence-electron chi connectivity index (χ4n) is 2.51. The molecule has 2 amide bonds. The van der Waals surface area contributed by atoms with Gasteiger partial charge in [0, 0.05) is 17.8 Å². The maximum Gasteiger partial charge on any atom is 0.408 e. The predicted octanol–water partition coefficient (Wildman–Crippen LogP) is 3.59. The third kappa shape index (κ3) is 6.51. The van der Waals surface area contributed by atoms with E-state index < -0.39 is 17.7 Å². The first kappa shape index (κ1) is 23.4. The van der Waals surface area contributed by atoms with Crippen molar-refractivity contribution in [1.82, 2.24) is 5.32 Å². The fourth-order valence-corrected chi connectivity index (χ4v) is 2.51. The van der Waals surface area contributed by atoms with Gasteiger partial charge in [0.15, 0.2) is 11.5 Å². The van der Waals surface area contributed by atoms with Crippen molar-refractivity contribution < 1.29 is 28.5 Å². The number of anilines is 1. The van der Waals surface area contributed by atoms with E-state index >= 15 is 0 Å². The van der Waals surface area contributed by atoms with Crippen LogP contribution >= 0.6 is 0 Å². The molecule has 1 aromatic rings. The van der Waals surface area contributed by atoms with Gasteiger partial charge in [-0.15, -0.1) is 0 Å². The number of hydrogen-bond donors (Lipinski definition) is 2. The second-order valence-electron chi connectivity index (χ2n) is 7.41. The predicted molar refractivity (Wildman–Crippen MR) is 107 cm³/mol. The average molecular weight is 396 g/mol. The lowest BCUT2D eigenvalue weighted by molar-refractivity contribution is -0.119. The fraction of sp³-hybridized carbons (Fsp3) is 0.600. The van der Waals surface area contributed by atoms with Gasteiger partial charge in [-0.05, 0) is 26.7 Å². The lowest BCUT2D eigenvalue weighted by Gasteiger charge is -2.26. The SMILES string of the molecule is CCC(C)C(NC(=O)OC(C)(C)C)C(=O)Nc1cc(OC)c(OC)c(OC)c1. The molecule has 158 valence electrons. The summed E-state index contributed by atoms with van der Waals surface area (Å²) in [4.78, 5) is 25.0. The van der Waals surface area contributed by atoms with Crippen LogP contribution in [0.4, 0.5) is 10.5 Å². The molecule has 1 aromatic carbocycles. The molecule has 0 bridgehead atoms. The van der Waals surface area contributed by atoms with E-state index in [1.807, 2.05) is 13.8 Å². The number of amides is 2. The van der Waals surface area contributed by atoms with E-state index in [4.69, 9.17) is 18.9 Å². The summed E-state index contributed by atoms with van der Waals surface area (Å²) in [6, 6.07) is 2.49. The van der Waals surface area contributed by atoms with Gasteiger partial charge in [0.25, 0.3) is 0 Å². The first-order chi connectivity index (χ1) is 13.1. The van der Waals surface area contributed by atoms with E-state index in [1.54, 1.807) is 32.9 Å². The van der Waals surface area contributed by atoms with Crippen molar-refractivity contribution in [3.8, 4) is 17.2 Å². The maximum absolute atomic E-state index is 12.9. The summed E-state index contributed by atoms with van der Waals surface area (Å²) in [7, 11) is 4.49. The first-order valence-corrected chi connectivity index (χ1v) is 9.16. The molecule has 0 spiro atoms. The minimum Gasteiger partial charge on any atom is -0.493 e. The molecule has 0 saturated heterocycles. The zero-order valence-electron chi connectivity index (χ0n) is 18.0. The molecule has 28 heavy (non-hydrogen) atoms. The number of alkyl carbamates (subject to hydrolysis) is 1. The summed E-state index contributed by atoms with van der Waals surface area (Å²) in [5.74, 6) is 0.784. The molecule has 0 aliphatic heterocycles. The first-order valence-electron chi connectivity index (χ1n) is 9.16. The van der Waals surface area contributed by atoms with Crippen LogP contribution in [0.2, 0.25) is 0 Å². The van der Waals surface area contributed by atoms with Crippen molar-refractivity contribution in [2.24, 2.45) is 5.92 Å². The number of rotatable bonds is 8. The smallest absolute Gasteiger partial charge is 0.408 e. The molecule has 0 heterocycles. The molecular formula is C20H32N2O6. The number of methoxy groups -OCH3 is 3. The Morgan fingerprint density at radius 3 is 1.96 bits per heavy atom. The number of hydrogen-bond acceptors (Lipinski definition) is 6. The van der Waals surface area contributed by atoms with Crippen molar-refractivity contribution in [3.63, 3.8) is 0 Å². The van der Waals surface area contributed by atoms with Crippen molar-refractivity contribution in [2.45, 2.75) is 52.7 Å². The van der Waals surface area contributed by atoms with E-state index in [0.29, 0.717) is 29.4 Å². The highest BCUT2D eigenvalue weighted by molar-refractivity contribution is 5.97. The minimum atomic E-state index is -0.765. The summed E-state index contributed by atoms with van der Waals surface area (Å²) in [6.45, 7) is 9.13. The van der Waals surface area contributed by atoms with Crippen molar-refractivity contribution in [2.75, 3.05) is 26.6 Å². The van der Waals surface area contributed by atoms with E-state index in [0.717, 1.165) is 0 Å². The molecule has 8 heteroatoms. The quantitative estimate of drug-likeness (QED) is 0.697. The van der Waals surface area contributed by atoms with Crippen LogP contribution in [0.15, 0.2) is 12.1 Å². The highest BCUT2D eigenvalue weighted by Crippen LogP contribution is 2.40. The Bertz CT molecular complexity index is 659. The summed E-state index contributed by atoms with van der Waals surface area (Å²) in [6.07, 6.45) is 0.0567. The molecule has 0 aliphatic carbocycles. The maximum atomic E-state index is 12.9. The summed E-state index contributed by atoms with van der Waals surface area (Å²) < 4.78 is 21.2. The molecule has 0 aliphatic rings. The van der Waals surface area contributed by atoms with Crippen LogP contribution in [0.1, 0.15) is 41.0 Å². The Kier molecular flexibility index (Phi) is 8.40. The Hall–Kier alpha value is -2.64. The van der Waals surface area contributed by atoms with E-state index in [2.05, 4.69) is 10.6 Å². The van der Waals surface area contributed by atoms with E-state index in [1.165, 1.54) is 21.3 Å². The molecule has 0 saturated carbocycles. The molecule has 0 aromatic heterocycles. The van der Waals surface area contributed by atoms with Gasteiger partial charge >= 0.3 is 6.09 Å². The van der Waals surface area contributed by atoms with E-state index in [9.17, 15) is 9.59 Å². The molecule has 2 N–H and O–H groups in total. The molecular weight excluding hydrogens is 364 g/mol. The zero-order chi connectivity index (χ0) is 21.5. The van der Waals surface area contributed by atoms with Crippen LogP contribution in [0.25, 0.3) is 0 Å². The molecule has 2 unspecified atom stereocenters. The number of ether oxygens (including phenoxy) is 4. The largest absolute Gasteiger partial charge is 0.493 e. The van der Waals surface area contributed by atoms with Crippen LogP contribution in [0.5, 0.6) is 17.2 Å². The Balaban J connectivity index is 3.06. The third-order valence-electron chi connectivity index (χ3n) is 4.10. The summed E-state index contributed by atoms with van der Waals surface area (Å²) in [5, 5.41) is 5.47. The van der Waals surface area contributed by atoms with Gasteiger partial charge in [-0.3, -0.25) is 4.79 Å². The van der Waals surface area contributed by atoms with Gasteiger partial charge in [0.05, 0.1) is 21.3 Å². The van der Waals surface area contributed by atoms with Gasteiger partial charge in [-0.1, -0.05) is 20.3 Å². The lowest BCUT2D eigenvalue weighted by atomic mass is 9.98. The van der Waals surface area contributed by atoms with Gasteiger partial charge in [0.2, 0.25) is 11.7 Å². The third-order valence-corrected chi connectivity index (χ3v) is 4.10. The Labute approximate surface area is 166 Å². The summed E-state index contributed by atoms with van der Waals surface area (Å²) in [5.41, 5.74) is -0.198. The molecule has 1 rings (SSSR count). The van der Waals surface area contributed by atoms with Gasteiger partial charge in [-0.25, -0.2) is 4.79 Å². The monoisotopic (exact) mass is 396 g/mol. The second-order valence-corrected chi connectivity index (χ2v) is 7.41. The molecule has 0 radical (unpaired) electrons. The van der Waals surface area contributed by atoms with E-state index in [-0.39, 0.29) is 11.8 Å². The van der Waals surface area contributed by atoms with Gasteiger partial charge in [0.1, 0.15) is 11.6 Å². The highest BCUT2D eigenvalue weighted by atomic mass is 16.6. The highest BCUT2D eigenvalue weighted by Gasteiger charge is 2.28.